The number of hydrogen-bond donors (Lipinski definition) is 1. The molecule has 23 heavy (non-hydrogen) atoms. The molecule has 4 nitrogen and oxygen atoms in total. The topological polar surface area (TPSA) is 49.4 Å². The summed E-state index contributed by atoms with van der Waals surface area (Å²) >= 11 is 0. The number of amides is 2. The lowest BCUT2D eigenvalue weighted by atomic mass is 9.94. The van der Waals surface area contributed by atoms with Crippen LogP contribution in [0.1, 0.15) is 72.1 Å². The van der Waals surface area contributed by atoms with Gasteiger partial charge in [-0.15, -0.1) is 0 Å². The standard InChI is InChI=1S/C19H32N2O2/c1-15(2)10-13-20-18(23)19(3)12-9-17(22)21(19)14-11-16-7-5-4-6-8-16/h7,15H,4-6,8-14H2,1-3H3,(H,20,23). The average Bonchev–Trinajstić information content (AvgIpc) is 2.82. The summed E-state index contributed by atoms with van der Waals surface area (Å²) in [5, 5.41) is 3.04. The van der Waals surface area contributed by atoms with Gasteiger partial charge in [-0.25, -0.2) is 0 Å². The maximum atomic E-state index is 12.6. The van der Waals surface area contributed by atoms with Crippen LogP contribution in [0.4, 0.5) is 0 Å². The molecular formula is C19H32N2O2. The van der Waals surface area contributed by atoms with Crippen LogP contribution in [-0.2, 0) is 9.59 Å². The molecule has 0 aromatic carbocycles. The molecule has 1 aliphatic carbocycles. The number of nitrogens with one attached hydrogen (secondary N) is 1. The third-order valence-corrected chi connectivity index (χ3v) is 5.26. The summed E-state index contributed by atoms with van der Waals surface area (Å²) in [6.07, 6.45) is 10.2. The second-order valence-electron chi connectivity index (χ2n) is 7.62. The van der Waals surface area contributed by atoms with Crippen LogP contribution in [-0.4, -0.2) is 35.3 Å². The molecule has 1 aliphatic heterocycles. The van der Waals surface area contributed by atoms with E-state index >= 15 is 0 Å². The predicted molar refractivity (Wildman–Crippen MR) is 93.0 cm³/mol. The van der Waals surface area contributed by atoms with Crippen LogP contribution in [0.3, 0.4) is 0 Å². The van der Waals surface area contributed by atoms with Gasteiger partial charge in [0.05, 0.1) is 0 Å². The number of rotatable bonds is 7. The fourth-order valence-electron chi connectivity index (χ4n) is 3.55. The summed E-state index contributed by atoms with van der Waals surface area (Å²) < 4.78 is 0. The van der Waals surface area contributed by atoms with E-state index in [1.54, 1.807) is 0 Å². The zero-order chi connectivity index (χ0) is 16.9. The van der Waals surface area contributed by atoms with Crippen molar-refractivity contribution in [1.82, 2.24) is 10.2 Å². The van der Waals surface area contributed by atoms with Crippen molar-refractivity contribution in [1.29, 1.82) is 0 Å². The van der Waals surface area contributed by atoms with Gasteiger partial charge < -0.3 is 10.2 Å². The van der Waals surface area contributed by atoms with E-state index in [0.29, 0.717) is 31.8 Å². The molecule has 2 aliphatic rings. The van der Waals surface area contributed by atoms with Crippen LogP contribution in [0, 0.1) is 5.92 Å². The number of allylic oxidation sites excluding steroid dienone is 1. The fourth-order valence-corrected chi connectivity index (χ4v) is 3.55. The summed E-state index contributed by atoms with van der Waals surface area (Å²) in [6, 6.07) is 0. The highest BCUT2D eigenvalue weighted by atomic mass is 16.2. The van der Waals surface area contributed by atoms with Gasteiger partial charge in [0.15, 0.2) is 0 Å². The fraction of sp³-hybridized carbons (Fsp3) is 0.789. The minimum atomic E-state index is -0.663. The number of carbonyl (C=O) groups is 2. The smallest absolute Gasteiger partial charge is 0.245 e. The van der Waals surface area contributed by atoms with Crippen LogP contribution < -0.4 is 5.32 Å². The summed E-state index contributed by atoms with van der Waals surface area (Å²) in [4.78, 5) is 26.7. The second kappa shape index (κ2) is 7.98. The van der Waals surface area contributed by atoms with E-state index in [4.69, 9.17) is 0 Å². The van der Waals surface area contributed by atoms with Crippen molar-refractivity contribution in [2.75, 3.05) is 13.1 Å². The molecule has 2 rings (SSSR count). The summed E-state index contributed by atoms with van der Waals surface area (Å²) in [5.41, 5.74) is 0.794. The van der Waals surface area contributed by atoms with Crippen LogP contribution in [0.15, 0.2) is 11.6 Å². The summed E-state index contributed by atoms with van der Waals surface area (Å²) in [7, 11) is 0. The van der Waals surface area contributed by atoms with Gasteiger partial charge in [0.2, 0.25) is 11.8 Å². The summed E-state index contributed by atoms with van der Waals surface area (Å²) in [5.74, 6) is 0.715. The molecule has 1 unspecified atom stereocenters. The molecule has 2 amide bonds. The van der Waals surface area contributed by atoms with E-state index in [9.17, 15) is 9.59 Å². The SMILES string of the molecule is CC(C)CCNC(=O)C1(C)CCC(=O)N1CCC1=CCCCC1. The minimum Gasteiger partial charge on any atom is -0.354 e. The highest BCUT2D eigenvalue weighted by molar-refractivity contribution is 5.94. The van der Waals surface area contributed by atoms with Crippen LogP contribution >= 0.6 is 0 Å². The Morgan fingerprint density at radius 2 is 2.13 bits per heavy atom. The quantitative estimate of drug-likeness (QED) is 0.731. The summed E-state index contributed by atoms with van der Waals surface area (Å²) in [6.45, 7) is 7.60. The Balaban J connectivity index is 1.93. The Hall–Kier alpha value is -1.32. The van der Waals surface area contributed by atoms with E-state index in [2.05, 4.69) is 25.2 Å². The number of hydrogen-bond acceptors (Lipinski definition) is 2. The van der Waals surface area contributed by atoms with Gasteiger partial charge in [-0.2, -0.15) is 0 Å². The minimum absolute atomic E-state index is 0.0154. The molecule has 0 bridgehead atoms. The normalized spacial score (nSPS) is 25.0. The highest BCUT2D eigenvalue weighted by Gasteiger charge is 2.46. The Bertz CT molecular complexity index is 470. The van der Waals surface area contributed by atoms with E-state index < -0.39 is 5.54 Å². The highest BCUT2D eigenvalue weighted by Crippen LogP contribution is 2.31. The molecule has 130 valence electrons. The molecule has 1 N–H and O–H groups in total. The molecule has 1 heterocycles. The number of carbonyl (C=O) groups excluding carboxylic acids is 2. The molecule has 1 saturated heterocycles. The molecule has 0 spiro atoms. The zero-order valence-electron chi connectivity index (χ0n) is 15.0. The number of nitrogens with zero attached hydrogens (tertiary/aromatic N) is 1. The molecule has 0 aromatic rings. The van der Waals surface area contributed by atoms with Crippen LogP contribution in [0.5, 0.6) is 0 Å². The molecule has 0 saturated carbocycles. The van der Waals surface area contributed by atoms with E-state index in [0.717, 1.165) is 25.7 Å². The second-order valence-corrected chi connectivity index (χ2v) is 7.62. The molecule has 1 fully saturated rings. The van der Waals surface area contributed by atoms with E-state index in [-0.39, 0.29) is 11.8 Å². The van der Waals surface area contributed by atoms with Gasteiger partial charge >= 0.3 is 0 Å². The molecule has 0 aromatic heterocycles. The lowest BCUT2D eigenvalue weighted by Gasteiger charge is -2.34. The monoisotopic (exact) mass is 320 g/mol. The van der Waals surface area contributed by atoms with Crippen LogP contribution in [0.2, 0.25) is 0 Å². The van der Waals surface area contributed by atoms with E-state index in [1.165, 1.54) is 18.4 Å². The first-order valence-electron chi connectivity index (χ1n) is 9.20. The van der Waals surface area contributed by atoms with Crippen molar-refractivity contribution >= 4 is 11.8 Å². The third kappa shape index (κ3) is 4.58. The van der Waals surface area contributed by atoms with Crippen molar-refractivity contribution < 1.29 is 9.59 Å². The van der Waals surface area contributed by atoms with Gasteiger partial charge in [0.25, 0.3) is 0 Å². The van der Waals surface area contributed by atoms with Gasteiger partial charge in [0.1, 0.15) is 5.54 Å². The maximum Gasteiger partial charge on any atom is 0.245 e. The molecule has 1 atom stereocenters. The van der Waals surface area contributed by atoms with Crippen molar-refractivity contribution in [3.8, 4) is 0 Å². The number of likely N-dealkylation sites (tertiary alicyclic amines) is 1. The van der Waals surface area contributed by atoms with Gasteiger partial charge in [0, 0.05) is 19.5 Å². The Kier molecular flexibility index (Phi) is 6.25. The molecule has 4 heteroatoms. The van der Waals surface area contributed by atoms with Gasteiger partial charge in [-0.3, -0.25) is 9.59 Å². The van der Waals surface area contributed by atoms with Crippen molar-refractivity contribution in [2.24, 2.45) is 5.92 Å². The zero-order valence-corrected chi connectivity index (χ0v) is 15.0. The first-order valence-corrected chi connectivity index (χ1v) is 9.20. The Labute approximate surface area is 140 Å². The van der Waals surface area contributed by atoms with Crippen molar-refractivity contribution in [3.05, 3.63) is 11.6 Å². The van der Waals surface area contributed by atoms with Crippen molar-refractivity contribution in [2.45, 2.75) is 77.7 Å². The lowest BCUT2D eigenvalue weighted by molar-refractivity contribution is -0.140. The first kappa shape index (κ1) is 18.0. The van der Waals surface area contributed by atoms with Gasteiger partial charge in [-0.1, -0.05) is 25.5 Å². The Morgan fingerprint density at radius 1 is 1.35 bits per heavy atom. The van der Waals surface area contributed by atoms with Gasteiger partial charge in [-0.05, 0) is 57.8 Å². The molecule has 0 radical (unpaired) electrons. The maximum absolute atomic E-state index is 12.6. The van der Waals surface area contributed by atoms with E-state index in [1.807, 2.05) is 11.8 Å². The van der Waals surface area contributed by atoms with Crippen molar-refractivity contribution in [3.63, 3.8) is 0 Å². The third-order valence-electron chi connectivity index (χ3n) is 5.26. The largest absolute Gasteiger partial charge is 0.354 e. The Morgan fingerprint density at radius 3 is 2.78 bits per heavy atom. The average molecular weight is 320 g/mol. The predicted octanol–water partition coefficient (Wildman–Crippen LogP) is 3.42. The van der Waals surface area contributed by atoms with Crippen LogP contribution in [0.25, 0.3) is 0 Å². The molecular weight excluding hydrogens is 288 g/mol. The first-order chi connectivity index (χ1) is 10.9. The lowest BCUT2D eigenvalue weighted by Crippen LogP contribution is -2.55.